The number of pyridine rings is 1. The number of benzene rings is 2. The number of aromatic nitrogens is 1. The summed E-state index contributed by atoms with van der Waals surface area (Å²) in [6, 6.07) is 16.1. The van der Waals surface area contributed by atoms with Crippen molar-refractivity contribution in [1.82, 2.24) is 9.88 Å². The van der Waals surface area contributed by atoms with Gasteiger partial charge in [0.2, 0.25) is 5.88 Å². The molecule has 0 aliphatic carbocycles. The summed E-state index contributed by atoms with van der Waals surface area (Å²) >= 11 is 0. The van der Waals surface area contributed by atoms with E-state index in [2.05, 4.69) is 23.7 Å². The molecule has 1 aromatic heterocycles. The number of para-hydroxylation sites is 3. The maximum atomic E-state index is 13.9. The summed E-state index contributed by atoms with van der Waals surface area (Å²) in [5, 5.41) is 10.2. The van der Waals surface area contributed by atoms with Crippen molar-refractivity contribution >= 4 is 0 Å². The number of hydrogen-bond acceptors (Lipinski definition) is 5. The first-order valence-corrected chi connectivity index (χ1v) is 10.9. The van der Waals surface area contributed by atoms with Crippen molar-refractivity contribution in [2.75, 3.05) is 13.2 Å². The summed E-state index contributed by atoms with van der Waals surface area (Å²) in [6.07, 6.45) is 3.60. The fraction of sp³-hybridized carbons (Fsp3) is 0.346. The molecule has 0 bridgehead atoms. The normalized spacial score (nSPS) is 16.8. The first-order chi connectivity index (χ1) is 15.4. The Morgan fingerprint density at radius 2 is 1.88 bits per heavy atom. The smallest absolute Gasteiger partial charge is 0.223 e. The Bertz CT molecular complexity index is 1070. The number of ether oxygens (including phenoxy) is 2. The lowest BCUT2D eigenvalue weighted by Gasteiger charge is -2.27. The van der Waals surface area contributed by atoms with Gasteiger partial charge in [0.1, 0.15) is 0 Å². The van der Waals surface area contributed by atoms with Crippen LogP contribution in [0.1, 0.15) is 37.8 Å². The topological polar surface area (TPSA) is 54.8 Å². The highest BCUT2D eigenvalue weighted by Gasteiger charge is 2.23. The number of fused-ring (bicyclic) bond motifs is 2. The number of aromatic hydroxyl groups is 1. The molecule has 0 atom stereocenters. The number of hydrogen-bond donors (Lipinski definition) is 1. The Hall–Kier alpha value is -3.12. The van der Waals surface area contributed by atoms with Crippen LogP contribution in [0.3, 0.4) is 0 Å². The van der Waals surface area contributed by atoms with Crippen molar-refractivity contribution in [3.63, 3.8) is 0 Å². The molecule has 1 aliphatic rings. The Balaban J connectivity index is 1.67. The number of rotatable bonds is 2. The molecule has 2 aromatic carbocycles. The highest BCUT2D eigenvalue weighted by atomic mass is 19.1. The molecule has 0 amide bonds. The molecule has 0 spiro atoms. The van der Waals surface area contributed by atoms with Crippen LogP contribution in [0.4, 0.5) is 4.39 Å². The van der Waals surface area contributed by atoms with Gasteiger partial charge in [-0.2, -0.15) is 0 Å². The van der Waals surface area contributed by atoms with Gasteiger partial charge >= 0.3 is 0 Å². The Morgan fingerprint density at radius 1 is 1.06 bits per heavy atom. The van der Waals surface area contributed by atoms with Gasteiger partial charge in [-0.05, 0) is 49.1 Å². The predicted octanol–water partition coefficient (Wildman–Crippen LogP) is 5.92. The van der Waals surface area contributed by atoms with E-state index < -0.39 is 5.82 Å². The molecular weight excluding hydrogens is 407 g/mol. The molecule has 168 valence electrons. The van der Waals surface area contributed by atoms with Crippen LogP contribution in [0.25, 0.3) is 0 Å². The number of nitrogens with zero attached hydrogens (tertiary/aromatic N) is 2. The van der Waals surface area contributed by atoms with Crippen LogP contribution in [0.15, 0.2) is 60.8 Å². The van der Waals surface area contributed by atoms with E-state index in [-0.39, 0.29) is 11.2 Å². The largest absolute Gasteiger partial charge is 0.505 e. The molecule has 1 N–H and O–H groups in total. The molecule has 0 unspecified atom stereocenters. The third kappa shape index (κ3) is 5.37. The van der Waals surface area contributed by atoms with Crippen LogP contribution >= 0.6 is 0 Å². The molecule has 1 aliphatic heterocycles. The van der Waals surface area contributed by atoms with E-state index in [1.165, 1.54) is 6.07 Å². The third-order valence-electron chi connectivity index (χ3n) is 5.71. The van der Waals surface area contributed by atoms with Gasteiger partial charge in [0.15, 0.2) is 23.1 Å². The second kappa shape index (κ2) is 9.57. The zero-order chi connectivity index (χ0) is 22.6. The van der Waals surface area contributed by atoms with E-state index in [1.54, 1.807) is 18.3 Å². The van der Waals surface area contributed by atoms with Gasteiger partial charge in [-0.3, -0.25) is 4.90 Å². The SMILES string of the molecule is CC1(C)CCCN(Cc2cccc(F)c2O)Cc2cccnc2Oc2ccccc2OC1. The van der Waals surface area contributed by atoms with Crippen molar-refractivity contribution in [2.24, 2.45) is 5.41 Å². The van der Waals surface area contributed by atoms with Crippen molar-refractivity contribution in [1.29, 1.82) is 0 Å². The summed E-state index contributed by atoms with van der Waals surface area (Å²) in [7, 11) is 0. The van der Waals surface area contributed by atoms with E-state index in [0.717, 1.165) is 24.9 Å². The van der Waals surface area contributed by atoms with Gasteiger partial charge in [-0.25, -0.2) is 9.37 Å². The first kappa shape index (κ1) is 22.1. The van der Waals surface area contributed by atoms with Gasteiger partial charge < -0.3 is 14.6 Å². The molecule has 2 heterocycles. The maximum absolute atomic E-state index is 13.9. The van der Waals surface area contributed by atoms with E-state index in [9.17, 15) is 9.50 Å². The van der Waals surface area contributed by atoms with Gasteiger partial charge in [0.25, 0.3) is 0 Å². The van der Waals surface area contributed by atoms with Crippen molar-refractivity contribution in [2.45, 2.75) is 39.8 Å². The Kier molecular flexibility index (Phi) is 6.61. The number of halogens is 1. The average molecular weight is 437 g/mol. The van der Waals surface area contributed by atoms with Crippen molar-refractivity contribution < 1.29 is 19.0 Å². The van der Waals surface area contributed by atoms with Crippen molar-refractivity contribution in [3.05, 3.63) is 77.7 Å². The predicted molar refractivity (Wildman–Crippen MR) is 121 cm³/mol. The molecular formula is C26H29FN2O3. The minimum absolute atomic E-state index is 0.0288. The average Bonchev–Trinajstić information content (AvgIpc) is 2.78. The molecule has 5 nitrogen and oxygen atoms in total. The zero-order valence-electron chi connectivity index (χ0n) is 18.6. The zero-order valence-corrected chi connectivity index (χ0v) is 18.6. The highest BCUT2D eigenvalue weighted by molar-refractivity contribution is 5.43. The Labute approximate surface area is 188 Å². The van der Waals surface area contributed by atoms with Crippen LogP contribution < -0.4 is 9.47 Å². The molecule has 6 heteroatoms. The molecule has 0 radical (unpaired) electrons. The summed E-state index contributed by atoms with van der Waals surface area (Å²) in [5.41, 5.74) is 1.45. The summed E-state index contributed by atoms with van der Waals surface area (Å²) in [6.45, 7) is 6.70. The quantitative estimate of drug-likeness (QED) is 0.540. The van der Waals surface area contributed by atoms with Crippen LogP contribution in [-0.2, 0) is 13.1 Å². The minimum atomic E-state index is -0.603. The Morgan fingerprint density at radius 3 is 2.72 bits per heavy atom. The lowest BCUT2D eigenvalue weighted by molar-refractivity contribution is 0.154. The second-order valence-electron chi connectivity index (χ2n) is 9.03. The lowest BCUT2D eigenvalue weighted by Crippen LogP contribution is -2.27. The van der Waals surface area contributed by atoms with E-state index in [4.69, 9.17) is 9.47 Å². The van der Waals surface area contributed by atoms with Crippen LogP contribution in [0.5, 0.6) is 23.1 Å². The van der Waals surface area contributed by atoms with E-state index in [1.807, 2.05) is 36.4 Å². The second-order valence-corrected chi connectivity index (χ2v) is 9.03. The molecule has 0 saturated heterocycles. The lowest BCUT2D eigenvalue weighted by atomic mass is 9.88. The third-order valence-corrected chi connectivity index (χ3v) is 5.71. The van der Waals surface area contributed by atoms with Crippen molar-refractivity contribution in [3.8, 4) is 23.1 Å². The van der Waals surface area contributed by atoms with Gasteiger partial charge in [-0.1, -0.05) is 44.2 Å². The summed E-state index contributed by atoms with van der Waals surface area (Å²) < 4.78 is 26.2. The fourth-order valence-electron chi connectivity index (χ4n) is 3.90. The molecule has 4 rings (SSSR count). The maximum Gasteiger partial charge on any atom is 0.223 e. The minimum Gasteiger partial charge on any atom is -0.505 e. The summed E-state index contributed by atoms with van der Waals surface area (Å²) in [4.78, 5) is 6.65. The summed E-state index contributed by atoms with van der Waals surface area (Å²) in [5.74, 6) is 0.930. The standard InChI is InChI=1S/C26H29FN2O3/c1-26(2)13-7-15-29(16-19-8-5-10-21(27)24(19)30)17-20-9-6-14-28-25(20)32-23-12-4-3-11-22(23)31-18-26/h3-6,8-12,14,30H,7,13,15-18H2,1-2H3. The fourth-order valence-corrected chi connectivity index (χ4v) is 3.90. The monoisotopic (exact) mass is 436 g/mol. The van der Waals surface area contributed by atoms with Crippen LogP contribution in [0.2, 0.25) is 0 Å². The molecule has 0 saturated carbocycles. The molecule has 3 aromatic rings. The van der Waals surface area contributed by atoms with Gasteiger partial charge in [0, 0.05) is 30.4 Å². The van der Waals surface area contributed by atoms with E-state index >= 15 is 0 Å². The number of phenols is 1. The molecule has 0 fully saturated rings. The van der Waals surface area contributed by atoms with Gasteiger partial charge in [0.05, 0.1) is 6.61 Å². The highest BCUT2D eigenvalue weighted by Crippen LogP contribution is 2.35. The molecule has 32 heavy (non-hydrogen) atoms. The number of phenolic OH excluding ortho intramolecular Hbond substituents is 1. The first-order valence-electron chi connectivity index (χ1n) is 10.9. The van der Waals surface area contributed by atoms with E-state index in [0.29, 0.717) is 42.6 Å². The van der Waals surface area contributed by atoms with Crippen LogP contribution in [0, 0.1) is 11.2 Å². The van der Waals surface area contributed by atoms with Gasteiger partial charge in [-0.15, -0.1) is 0 Å². The van der Waals surface area contributed by atoms with Crippen LogP contribution in [-0.4, -0.2) is 28.1 Å².